The zero-order chi connectivity index (χ0) is 9.90. The van der Waals surface area contributed by atoms with E-state index in [2.05, 4.69) is 15.9 Å². The van der Waals surface area contributed by atoms with E-state index in [1.165, 1.54) is 13.8 Å². The largest absolute Gasteiger partial charge is 0.489 e. The van der Waals surface area contributed by atoms with Crippen LogP contribution in [0.4, 0.5) is 4.39 Å². The summed E-state index contributed by atoms with van der Waals surface area (Å²) in [7, 11) is 0. The maximum atomic E-state index is 13.1. The summed E-state index contributed by atoms with van der Waals surface area (Å²) in [6.45, 7) is 3.04. The molecule has 0 bridgehead atoms. The van der Waals surface area contributed by atoms with Crippen molar-refractivity contribution >= 4 is 15.9 Å². The second-order valence-corrected chi connectivity index (χ2v) is 4.29. The van der Waals surface area contributed by atoms with Gasteiger partial charge in [-0.3, -0.25) is 0 Å². The van der Waals surface area contributed by atoms with Crippen molar-refractivity contribution in [3.8, 4) is 5.75 Å². The zero-order valence-electron chi connectivity index (χ0n) is 7.68. The number of rotatable bonds is 3. The lowest BCUT2D eigenvalue weighted by Crippen LogP contribution is -2.22. The molecule has 0 aromatic heterocycles. The molecule has 0 aliphatic rings. The molecular weight excluding hydrogens is 235 g/mol. The Morgan fingerprint density at radius 1 is 1.38 bits per heavy atom. The fourth-order valence-electron chi connectivity index (χ4n) is 0.811. The van der Waals surface area contributed by atoms with Gasteiger partial charge in [-0.2, -0.15) is 0 Å². The molecule has 0 spiro atoms. The highest BCUT2D eigenvalue weighted by Gasteiger charge is 2.16. The van der Waals surface area contributed by atoms with E-state index in [1.807, 2.05) is 18.2 Å². The number of hydrogen-bond acceptors (Lipinski definition) is 1. The van der Waals surface area contributed by atoms with Gasteiger partial charge < -0.3 is 4.74 Å². The van der Waals surface area contributed by atoms with Gasteiger partial charge in [-0.15, -0.1) is 0 Å². The molecule has 0 saturated heterocycles. The topological polar surface area (TPSA) is 9.23 Å². The minimum atomic E-state index is -1.30. The summed E-state index contributed by atoms with van der Waals surface area (Å²) in [5.41, 5.74) is -1.30. The third kappa shape index (κ3) is 3.77. The summed E-state index contributed by atoms with van der Waals surface area (Å²) in [6.07, 6.45) is 0. The predicted octanol–water partition coefficient (Wildman–Crippen LogP) is 3.58. The number of para-hydroxylation sites is 1. The van der Waals surface area contributed by atoms with Crippen molar-refractivity contribution in [2.75, 3.05) is 6.61 Å². The zero-order valence-corrected chi connectivity index (χ0v) is 9.27. The second-order valence-electron chi connectivity index (χ2n) is 3.44. The molecule has 0 saturated carbocycles. The Hall–Kier alpha value is -0.570. The molecule has 1 rings (SSSR count). The predicted molar refractivity (Wildman–Crippen MR) is 54.8 cm³/mol. The van der Waals surface area contributed by atoms with Crippen LogP contribution in [0.25, 0.3) is 0 Å². The quantitative estimate of drug-likeness (QED) is 0.793. The van der Waals surface area contributed by atoms with Crippen LogP contribution >= 0.6 is 15.9 Å². The van der Waals surface area contributed by atoms with E-state index >= 15 is 0 Å². The van der Waals surface area contributed by atoms with Gasteiger partial charge in [0, 0.05) is 0 Å². The fraction of sp³-hybridized carbons (Fsp3) is 0.400. The van der Waals surface area contributed by atoms with Gasteiger partial charge in [-0.05, 0) is 41.9 Å². The Bertz CT molecular complexity index is 280. The van der Waals surface area contributed by atoms with Gasteiger partial charge in [-0.25, -0.2) is 4.39 Å². The van der Waals surface area contributed by atoms with Crippen molar-refractivity contribution in [1.82, 2.24) is 0 Å². The van der Waals surface area contributed by atoms with Crippen LogP contribution in [0.15, 0.2) is 28.7 Å². The van der Waals surface area contributed by atoms with Crippen LogP contribution in [-0.2, 0) is 0 Å². The molecule has 1 aromatic rings. The highest BCUT2D eigenvalue weighted by atomic mass is 79.9. The minimum absolute atomic E-state index is 0.0651. The maximum Gasteiger partial charge on any atom is 0.139 e. The molecule has 0 radical (unpaired) electrons. The Morgan fingerprint density at radius 3 is 2.54 bits per heavy atom. The first-order valence-corrected chi connectivity index (χ1v) is 4.84. The third-order valence-corrected chi connectivity index (χ3v) is 2.06. The van der Waals surface area contributed by atoms with Crippen molar-refractivity contribution in [2.45, 2.75) is 19.5 Å². The van der Waals surface area contributed by atoms with Crippen molar-refractivity contribution in [1.29, 1.82) is 0 Å². The van der Waals surface area contributed by atoms with Crippen LogP contribution in [0.5, 0.6) is 5.75 Å². The Morgan fingerprint density at radius 2 is 2.00 bits per heavy atom. The average molecular weight is 247 g/mol. The van der Waals surface area contributed by atoms with Gasteiger partial charge >= 0.3 is 0 Å². The monoisotopic (exact) mass is 246 g/mol. The lowest BCUT2D eigenvalue weighted by atomic mass is 10.2. The Labute approximate surface area is 86.0 Å². The van der Waals surface area contributed by atoms with Gasteiger partial charge in [0.15, 0.2) is 0 Å². The lowest BCUT2D eigenvalue weighted by molar-refractivity contribution is 0.120. The summed E-state index contributed by atoms with van der Waals surface area (Å²) in [5.74, 6) is 0.674. The highest BCUT2D eigenvalue weighted by molar-refractivity contribution is 9.10. The average Bonchev–Trinajstić information content (AvgIpc) is 2.01. The summed E-state index contributed by atoms with van der Waals surface area (Å²) in [5, 5.41) is 0. The molecule has 0 unspecified atom stereocenters. The van der Waals surface area contributed by atoms with Crippen LogP contribution in [-0.4, -0.2) is 12.3 Å². The van der Waals surface area contributed by atoms with Gasteiger partial charge in [0.2, 0.25) is 0 Å². The summed E-state index contributed by atoms with van der Waals surface area (Å²) in [4.78, 5) is 0. The normalized spacial score (nSPS) is 11.4. The first-order chi connectivity index (χ1) is 5.99. The van der Waals surface area contributed by atoms with E-state index in [0.717, 1.165) is 4.47 Å². The molecule has 0 amide bonds. The van der Waals surface area contributed by atoms with Crippen molar-refractivity contribution in [3.05, 3.63) is 28.7 Å². The molecule has 0 aliphatic carbocycles. The number of halogens is 2. The van der Waals surface area contributed by atoms with E-state index in [1.54, 1.807) is 6.07 Å². The molecule has 0 heterocycles. The molecule has 13 heavy (non-hydrogen) atoms. The van der Waals surface area contributed by atoms with E-state index in [9.17, 15) is 4.39 Å². The summed E-state index contributed by atoms with van der Waals surface area (Å²) < 4.78 is 19.2. The molecule has 3 heteroatoms. The van der Waals surface area contributed by atoms with E-state index in [-0.39, 0.29) is 6.61 Å². The molecule has 72 valence electrons. The molecule has 1 nitrogen and oxygen atoms in total. The molecular formula is C10H12BrFO. The van der Waals surface area contributed by atoms with E-state index in [0.29, 0.717) is 5.75 Å². The van der Waals surface area contributed by atoms with Gasteiger partial charge in [0.05, 0.1) is 4.47 Å². The van der Waals surface area contributed by atoms with E-state index in [4.69, 9.17) is 4.74 Å². The van der Waals surface area contributed by atoms with Crippen LogP contribution in [0.1, 0.15) is 13.8 Å². The molecule has 0 atom stereocenters. The van der Waals surface area contributed by atoms with Crippen LogP contribution < -0.4 is 4.74 Å². The highest BCUT2D eigenvalue weighted by Crippen LogP contribution is 2.25. The summed E-state index contributed by atoms with van der Waals surface area (Å²) in [6, 6.07) is 7.40. The van der Waals surface area contributed by atoms with Crippen LogP contribution in [0, 0.1) is 0 Å². The second kappa shape index (κ2) is 4.09. The van der Waals surface area contributed by atoms with Crippen molar-refractivity contribution in [3.63, 3.8) is 0 Å². The van der Waals surface area contributed by atoms with Gasteiger partial charge in [-0.1, -0.05) is 12.1 Å². The molecule has 0 fully saturated rings. The Balaban J connectivity index is 2.60. The van der Waals surface area contributed by atoms with E-state index < -0.39 is 5.67 Å². The molecule has 0 N–H and O–H groups in total. The van der Waals surface area contributed by atoms with Gasteiger partial charge in [0.25, 0.3) is 0 Å². The maximum absolute atomic E-state index is 13.1. The van der Waals surface area contributed by atoms with Crippen molar-refractivity contribution < 1.29 is 9.13 Å². The number of alkyl halides is 1. The molecule has 1 aromatic carbocycles. The number of hydrogen-bond donors (Lipinski definition) is 0. The van der Waals surface area contributed by atoms with Gasteiger partial charge in [0.1, 0.15) is 18.0 Å². The molecule has 0 aliphatic heterocycles. The summed E-state index contributed by atoms with van der Waals surface area (Å²) >= 11 is 3.32. The lowest BCUT2D eigenvalue weighted by Gasteiger charge is -2.15. The van der Waals surface area contributed by atoms with Crippen molar-refractivity contribution in [2.24, 2.45) is 0 Å². The first-order valence-electron chi connectivity index (χ1n) is 4.05. The first kappa shape index (κ1) is 10.5. The fourth-order valence-corrected chi connectivity index (χ4v) is 1.21. The third-order valence-electron chi connectivity index (χ3n) is 1.41. The van der Waals surface area contributed by atoms with Crippen LogP contribution in [0.2, 0.25) is 0 Å². The Kier molecular flexibility index (Phi) is 3.31. The minimum Gasteiger partial charge on any atom is -0.489 e. The number of ether oxygens (including phenoxy) is 1. The smallest absolute Gasteiger partial charge is 0.139 e. The van der Waals surface area contributed by atoms with Crippen LogP contribution in [0.3, 0.4) is 0 Å². The standard InChI is InChI=1S/C10H12BrFO/c1-10(2,12)7-13-9-6-4-3-5-8(9)11/h3-6H,7H2,1-2H3. The number of benzene rings is 1. The SMILES string of the molecule is CC(C)(F)COc1ccccc1Br.